The molecule has 0 radical (unpaired) electrons. The molecule has 116 valence electrons. The number of aliphatic hydroxyl groups excluding tert-OH is 1. The van der Waals surface area contributed by atoms with Crippen molar-refractivity contribution in [2.75, 3.05) is 20.2 Å². The Morgan fingerprint density at radius 2 is 2.15 bits per heavy atom. The number of carbonyl (C=O) groups excluding carboxylic acids is 1. The smallest absolute Gasteiger partial charge is 0.317 e. The third-order valence-corrected chi connectivity index (χ3v) is 4.47. The molecule has 0 aromatic rings. The minimum absolute atomic E-state index is 0.0112. The Morgan fingerprint density at radius 1 is 1.45 bits per heavy atom. The van der Waals surface area contributed by atoms with E-state index in [2.05, 4.69) is 5.32 Å². The molecule has 2 atom stereocenters. The highest BCUT2D eigenvalue weighted by atomic mass is 16.5. The number of hydrogen-bond donors (Lipinski definition) is 2. The summed E-state index contributed by atoms with van der Waals surface area (Å²) in [6.07, 6.45) is 7.36. The van der Waals surface area contributed by atoms with Crippen molar-refractivity contribution in [1.29, 1.82) is 0 Å². The molecule has 0 aromatic carbocycles. The van der Waals surface area contributed by atoms with Gasteiger partial charge >= 0.3 is 6.03 Å². The van der Waals surface area contributed by atoms with E-state index < -0.39 is 6.10 Å². The quantitative estimate of drug-likeness (QED) is 0.832. The molecule has 1 heterocycles. The Balaban J connectivity index is 1.84. The Kier molecular flexibility index (Phi) is 5.27. The first kappa shape index (κ1) is 15.6. The molecule has 1 aliphatic carbocycles. The average molecular weight is 284 g/mol. The van der Waals surface area contributed by atoms with Crippen molar-refractivity contribution in [3.8, 4) is 0 Å². The number of aliphatic hydroxyl groups is 1. The summed E-state index contributed by atoms with van der Waals surface area (Å²) in [5.74, 6) is 0. The summed E-state index contributed by atoms with van der Waals surface area (Å²) in [4.78, 5) is 13.6. The largest absolute Gasteiger partial charge is 0.392 e. The van der Waals surface area contributed by atoms with Crippen LogP contribution in [0.3, 0.4) is 0 Å². The number of ether oxygens (including phenoxy) is 1. The van der Waals surface area contributed by atoms with Crippen LogP contribution in [0.2, 0.25) is 0 Å². The zero-order valence-corrected chi connectivity index (χ0v) is 12.7. The van der Waals surface area contributed by atoms with Gasteiger partial charge in [0.05, 0.1) is 11.7 Å². The fraction of sp³-hybridized carbons (Fsp3) is 0.933. The van der Waals surface area contributed by atoms with Gasteiger partial charge in [0, 0.05) is 26.2 Å². The molecule has 1 spiro atoms. The lowest BCUT2D eigenvalue weighted by atomic mass is 9.78. The molecular weight excluding hydrogens is 256 g/mol. The van der Waals surface area contributed by atoms with Gasteiger partial charge in [-0.25, -0.2) is 4.79 Å². The third kappa shape index (κ3) is 4.09. The zero-order valence-electron chi connectivity index (χ0n) is 12.7. The molecule has 2 aliphatic rings. The molecule has 0 bridgehead atoms. The lowest BCUT2D eigenvalue weighted by molar-refractivity contribution is -0.108. The fourth-order valence-electron chi connectivity index (χ4n) is 3.46. The van der Waals surface area contributed by atoms with Gasteiger partial charge in [0.2, 0.25) is 0 Å². The number of nitrogens with one attached hydrogen (secondary N) is 1. The number of carbonyl (C=O) groups is 1. The van der Waals surface area contributed by atoms with Crippen molar-refractivity contribution in [2.45, 2.75) is 69.6 Å². The van der Waals surface area contributed by atoms with E-state index in [1.165, 1.54) is 19.3 Å². The van der Waals surface area contributed by atoms with Crippen LogP contribution in [-0.2, 0) is 4.74 Å². The summed E-state index contributed by atoms with van der Waals surface area (Å²) in [6, 6.07) is 0.106. The first-order valence-electron chi connectivity index (χ1n) is 7.84. The van der Waals surface area contributed by atoms with Crippen LogP contribution in [0.1, 0.15) is 51.9 Å². The zero-order chi connectivity index (χ0) is 14.6. The normalized spacial score (nSPS) is 27.1. The fourth-order valence-corrected chi connectivity index (χ4v) is 3.46. The Morgan fingerprint density at radius 3 is 2.80 bits per heavy atom. The van der Waals surface area contributed by atoms with E-state index in [-0.39, 0.29) is 17.7 Å². The van der Waals surface area contributed by atoms with Gasteiger partial charge in [-0.3, -0.25) is 0 Å². The lowest BCUT2D eigenvalue weighted by Gasteiger charge is -2.43. The Hall–Kier alpha value is -0.810. The molecule has 1 aliphatic heterocycles. The van der Waals surface area contributed by atoms with Gasteiger partial charge < -0.3 is 20.1 Å². The summed E-state index contributed by atoms with van der Waals surface area (Å²) >= 11 is 0. The second-order valence-electron chi connectivity index (χ2n) is 6.46. The molecule has 5 heteroatoms. The number of likely N-dealkylation sites (N-methyl/N-ethyl adjacent to an activating group) is 1. The minimum Gasteiger partial charge on any atom is -0.392 e. The molecule has 20 heavy (non-hydrogen) atoms. The standard InChI is InChI=1S/C15H28N2O3/c1-12(18)11-17(2)14(19)16-13-6-9-20-15(10-13)7-4-3-5-8-15/h12-13,18H,3-11H2,1-2H3,(H,16,19). The predicted molar refractivity (Wildman–Crippen MR) is 77.6 cm³/mol. The highest BCUT2D eigenvalue weighted by molar-refractivity contribution is 5.74. The molecule has 0 aromatic heterocycles. The number of amides is 2. The number of nitrogens with zero attached hydrogens (tertiary/aromatic N) is 1. The van der Waals surface area contributed by atoms with E-state index >= 15 is 0 Å². The highest BCUT2D eigenvalue weighted by Crippen LogP contribution is 2.38. The molecule has 2 rings (SSSR count). The van der Waals surface area contributed by atoms with Gasteiger partial charge in [-0.15, -0.1) is 0 Å². The maximum Gasteiger partial charge on any atom is 0.317 e. The molecule has 2 N–H and O–H groups in total. The van der Waals surface area contributed by atoms with Crippen molar-refractivity contribution in [1.82, 2.24) is 10.2 Å². The first-order valence-corrected chi connectivity index (χ1v) is 7.84. The van der Waals surface area contributed by atoms with Crippen LogP contribution < -0.4 is 5.32 Å². The van der Waals surface area contributed by atoms with Crippen molar-refractivity contribution >= 4 is 6.03 Å². The van der Waals surface area contributed by atoms with Gasteiger partial charge in [0.1, 0.15) is 0 Å². The van der Waals surface area contributed by atoms with E-state index in [0.717, 1.165) is 32.3 Å². The van der Waals surface area contributed by atoms with Crippen LogP contribution in [0, 0.1) is 0 Å². The maximum atomic E-state index is 12.1. The van der Waals surface area contributed by atoms with Crippen molar-refractivity contribution < 1.29 is 14.6 Å². The minimum atomic E-state index is -0.495. The average Bonchev–Trinajstić information content (AvgIpc) is 2.38. The third-order valence-electron chi connectivity index (χ3n) is 4.47. The molecule has 2 amide bonds. The van der Waals surface area contributed by atoms with Crippen molar-refractivity contribution in [3.05, 3.63) is 0 Å². The summed E-state index contributed by atoms with van der Waals surface area (Å²) in [5, 5.41) is 12.4. The Bertz CT molecular complexity index is 322. The van der Waals surface area contributed by atoms with Gasteiger partial charge in [0.25, 0.3) is 0 Å². The summed E-state index contributed by atoms with van der Waals surface area (Å²) in [5.41, 5.74) is 0.0112. The topological polar surface area (TPSA) is 61.8 Å². The summed E-state index contributed by atoms with van der Waals surface area (Å²) in [6.45, 7) is 2.79. The number of hydrogen-bond acceptors (Lipinski definition) is 3. The van der Waals surface area contributed by atoms with Crippen LogP contribution in [0.4, 0.5) is 4.79 Å². The second kappa shape index (κ2) is 6.76. The van der Waals surface area contributed by atoms with Crippen molar-refractivity contribution in [3.63, 3.8) is 0 Å². The van der Waals surface area contributed by atoms with Crippen LogP contribution in [0.15, 0.2) is 0 Å². The molecule has 1 saturated carbocycles. The van der Waals surface area contributed by atoms with E-state index in [0.29, 0.717) is 6.54 Å². The highest BCUT2D eigenvalue weighted by Gasteiger charge is 2.39. The van der Waals surface area contributed by atoms with Crippen LogP contribution in [-0.4, -0.2) is 54.0 Å². The lowest BCUT2D eigenvalue weighted by Crippen LogP contribution is -2.52. The van der Waals surface area contributed by atoms with Gasteiger partial charge in [-0.2, -0.15) is 0 Å². The second-order valence-corrected chi connectivity index (χ2v) is 6.46. The van der Waals surface area contributed by atoms with E-state index in [1.54, 1.807) is 18.9 Å². The first-order chi connectivity index (χ1) is 9.51. The SMILES string of the molecule is CC(O)CN(C)C(=O)NC1CCOC2(CCCCC2)C1. The van der Waals surface area contributed by atoms with Crippen molar-refractivity contribution in [2.24, 2.45) is 0 Å². The molecular formula is C15H28N2O3. The van der Waals surface area contributed by atoms with E-state index in [1.807, 2.05) is 0 Å². The van der Waals surface area contributed by atoms with E-state index in [4.69, 9.17) is 4.74 Å². The summed E-state index contributed by atoms with van der Waals surface area (Å²) in [7, 11) is 1.72. The summed E-state index contributed by atoms with van der Waals surface area (Å²) < 4.78 is 6.04. The van der Waals surface area contributed by atoms with Crippen LogP contribution in [0.5, 0.6) is 0 Å². The predicted octanol–water partition coefficient (Wildman–Crippen LogP) is 1.89. The number of urea groups is 1. The van der Waals surface area contributed by atoms with Gasteiger partial charge in [-0.1, -0.05) is 19.3 Å². The Labute approximate surface area is 121 Å². The molecule has 2 unspecified atom stereocenters. The monoisotopic (exact) mass is 284 g/mol. The van der Waals surface area contributed by atoms with Gasteiger partial charge in [0.15, 0.2) is 0 Å². The van der Waals surface area contributed by atoms with Crippen LogP contribution >= 0.6 is 0 Å². The molecule has 2 fully saturated rings. The molecule has 5 nitrogen and oxygen atoms in total. The van der Waals surface area contributed by atoms with Crippen LogP contribution in [0.25, 0.3) is 0 Å². The number of rotatable bonds is 3. The van der Waals surface area contributed by atoms with E-state index in [9.17, 15) is 9.90 Å². The van der Waals surface area contributed by atoms with Gasteiger partial charge in [-0.05, 0) is 32.6 Å². The molecule has 1 saturated heterocycles. The maximum absolute atomic E-state index is 12.1.